The van der Waals surface area contributed by atoms with Crippen LogP contribution < -0.4 is 20.1 Å². The van der Waals surface area contributed by atoms with Gasteiger partial charge in [-0.15, -0.1) is 0 Å². The van der Waals surface area contributed by atoms with E-state index in [0.29, 0.717) is 12.4 Å². The molecule has 0 radical (unpaired) electrons. The van der Waals surface area contributed by atoms with Crippen LogP contribution in [-0.4, -0.2) is 18.8 Å². The van der Waals surface area contributed by atoms with Gasteiger partial charge in [0.15, 0.2) is 17.7 Å². The first-order chi connectivity index (χ1) is 15.1. The van der Waals surface area contributed by atoms with Gasteiger partial charge >= 0.3 is 0 Å². The largest absolute Gasteiger partial charge is 0.504 e. The van der Waals surface area contributed by atoms with Crippen LogP contribution in [0.3, 0.4) is 0 Å². The number of nitrogens with two attached hydrogens (primary N) is 1. The molecule has 160 valence electrons. The Bertz CT molecular complexity index is 1080. The molecule has 0 amide bonds. The fraction of sp³-hybridized carbons (Fsp3) is 0.231. The van der Waals surface area contributed by atoms with E-state index in [1.807, 2.05) is 37.3 Å². The molecule has 3 aromatic carbocycles. The zero-order chi connectivity index (χ0) is 21.8. The number of hydrogen-bond donors (Lipinski definition) is 3. The molecule has 1 heterocycles. The lowest BCUT2D eigenvalue weighted by Crippen LogP contribution is -2.89. The summed E-state index contributed by atoms with van der Waals surface area (Å²) >= 11 is 0. The van der Waals surface area contributed by atoms with Crippen LogP contribution in [0, 0.1) is 6.92 Å². The van der Waals surface area contributed by atoms with Gasteiger partial charge in [-0.05, 0) is 43.7 Å². The second kappa shape index (κ2) is 9.14. The van der Waals surface area contributed by atoms with Crippen LogP contribution in [-0.2, 0) is 0 Å². The number of ether oxygens (including phenoxy) is 2. The van der Waals surface area contributed by atoms with Crippen LogP contribution in [0.15, 0.2) is 72.8 Å². The minimum absolute atomic E-state index is 0.0856. The molecule has 0 aliphatic carbocycles. The van der Waals surface area contributed by atoms with Gasteiger partial charge < -0.3 is 25.2 Å². The third kappa shape index (κ3) is 4.37. The minimum Gasteiger partial charge on any atom is -0.504 e. The Morgan fingerprint density at radius 3 is 2.39 bits per heavy atom. The van der Waals surface area contributed by atoms with Crippen molar-refractivity contribution in [3.63, 3.8) is 0 Å². The van der Waals surface area contributed by atoms with Crippen molar-refractivity contribution in [1.29, 1.82) is 0 Å². The van der Waals surface area contributed by atoms with Crippen molar-refractivity contribution in [2.45, 2.75) is 26.1 Å². The number of quaternary nitrogens is 1. The summed E-state index contributed by atoms with van der Waals surface area (Å²) < 4.78 is 11.2. The number of phenolic OH excluding ortho intramolecular Hbond substituents is 1. The molecule has 1 aliphatic heterocycles. The van der Waals surface area contributed by atoms with E-state index in [9.17, 15) is 5.11 Å². The Morgan fingerprint density at radius 2 is 1.65 bits per heavy atom. The lowest BCUT2D eigenvalue weighted by Gasteiger charge is -2.31. The predicted molar refractivity (Wildman–Crippen MR) is 122 cm³/mol. The number of nitrogens with one attached hydrogen (secondary N) is 1. The van der Waals surface area contributed by atoms with Crippen molar-refractivity contribution < 1.29 is 19.9 Å². The second-order valence-electron chi connectivity index (χ2n) is 7.66. The molecule has 3 aromatic rings. The molecule has 4 rings (SSSR count). The molecule has 5 nitrogen and oxygen atoms in total. The van der Waals surface area contributed by atoms with Crippen molar-refractivity contribution in [3.05, 3.63) is 95.1 Å². The monoisotopic (exact) mass is 417 g/mol. The van der Waals surface area contributed by atoms with Gasteiger partial charge in [0.25, 0.3) is 0 Å². The van der Waals surface area contributed by atoms with E-state index in [0.717, 1.165) is 28.1 Å². The highest BCUT2D eigenvalue weighted by atomic mass is 16.5. The summed E-state index contributed by atoms with van der Waals surface area (Å²) in [5, 5.41) is 16.8. The Kier molecular flexibility index (Phi) is 6.14. The van der Waals surface area contributed by atoms with E-state index < -0.39 is 0 Å². The number of benzene rings is 3. The van der Waals surface area contributed by atoms with E-state index in [4.69, 9.17) is 9.47 Å². The molecule has 1 aliphatic rings. The fourth-order valence-corrected chi connectivity index (χ4v) is 4.00. The molecule has 2 unspecified atom stereocenters. The van der Waals surface area contributed by atoms with E-state index >= 15 is 0 Å². The normalized spacial score (nSPS) is 18.1. The molecule has 0 saturated carbocycles. The second-order valence-corrected chi connectivity index (χ2v) is 7.66. The van der Waals surface area contributed by atoms with E-state index in [1.165, 1.54) is 5.56 Å². The Morgan fingerprint density at radius 1 is 0.935 bits per heavy atom. The van der Waals surface area contributed by atoms with Crippen molar-refractivity contribution >= 4 is 5.70 Å². The first-order valence-electron chi connectivity index (χ1n) is 10.6. The highest BCUT2D eigenvalue weighted by Gasteiger charge is 2.31. The lowest BCUT2D eigenvalue weighted by atomic mass is 9.97. The van der Waals surface area contributed by atoms with Gasteiger partial charge in [-0.2, -0.15) is 0 Å². The fourth-order valence-electron chi connectivity index (χ4n) is 4.00. The standard InChI is InChI=1S/C26H28N2O3/c1-4-31-24-11-7-9-19(25(24)29)22-16-21(18-14-12-17(2)13-15-18)27-26(28-22)20-8-5-6-10-23(20)30-3/h5-16,22,26-29H,4H2,1-3H3/p+1. The Balaban J connectivity index is 1.79. The predicted octanol–water partition coefficient (Wildman–Crippen LogP) is 4.06. The quantitative estimate of drug-likeness (QED) is 0.566. The van der Waals surface area contributed by atoms with Crippen LogP contribution >= 0.6 is 0 Å². The molecule has 2 atom stereocenters. The van der Waals surface area contributed by atoms with Crippen LogP contribution in [0.25, 0.3) is 5.70 Å². The molecule has 0 saturated heterocycles. The number of methoxy groups -OCH3 is 1. The third-order valence-electron chi connectivity index (χ3n) is 5.58. The van der Waals surface area contributed by atoms with E-state index in [-0.39, 0.29) is 18.0 Å². The number of aryl methyl sites for hydroxylation is 1. The molecule has 31 heavy (non-hydrogen) atoms. The van der Waals surface area contributed by atoms with Gasteiger partial charge in [0.2, 0.25) is 0 Å². The summed E-state index contributed by atoms with van der Waals surface area (Å²) in [5.74, 6) is 1.52. The summed E-state index contributed by atoms with van der Waals surface area (Å²) in [4.78, 5) is 0. The third-order valence-corrected chi connectivity index (χ3v) is 5.58. The van der Waals surface area contributed by atoms with Gasteiger partial charge in [0.1, 0.15) is 11.8 Å². The van der Waals surface area contributed by atoms with Gasteiger partial charge in [0, 0.05) is 11.8 Å². The summed E-state index contributed by atoms with van der Waals surface area (Å²) in [6.07, 6.45) is 2.07. The summed E-state index contributed by atoms with van der Waals surface area (Å²) in [6, 6.07) is 22.0. The number of para-hydroxylation sites is 2. The SMILES string of the molecule is CCOc1cccc(C2C=C(c3ccc(C)cc3)NC(c3ccccc3OC)[NH2+]2)c1O. The zero-order valence-electron chi connectivity index (χ0n) is 18.1. The summed E-state index contributed by atoms with van der Waals surface area (Å²) in [5.41, 5.74) is 5.20. The molecule has 4 N–H and O–H groups in total. The molecule has 0 aromatic heterocycles. The Hall–Kier alpha value is -3.44. The molecule has 0 bridgehead atoms. The van der Waals surface area contributed by atoms with Crippen molar-refractivity contribution in [2.24, 2.45) is 0 Å². The van der Waals surface area contributed by atoms with Gasteiger partial charge in [-0.1, -0.05) is 48.0 Å². The maximum Gasteiger partial charge on any atom is 0.190 e. The highest BCUT2D eigenvalue weighted by molar-refractivity contribution is 5.66. The Labute approximate surface area is 183 Å². The number of aromatic hydroxyl groups is 1. The van der Waals surface area contributed by atoms with E-state index in [2.05, 4.69) is 54.0 Å². The van der Waals surface area contributed by atoms with Crippen molar-refractivity contribution in [3.8, 4) is 17.2 Å². The molecule has 0 spiro atoms. The summed E-state index contributed by atoms with van der Waals surface area (Å²) in [6.45, 7) is 4.50. The average Bonchev–Trinajstić information content (AvgIpc) is 2.80. The van der Waals surface area contributed by atoms with Crippen LogP contribution in [0.2, 0.25) is 0 Å². The van der Waals surface area contributed by atoms with Crippen LogP contribution in [0.1, 0.15) is 41.4 Å². The van der Waals surface area contributed by atoms with Crippen LogP contribution in [0.4, 0.5) is 0 Å². The molecule has 5 heteroatoms. The van der Waals surface area contributed by atoms with Crippen LogP contribution in [0.5, 0.6) is 17.2 Å². The minimum atomic E-state index is -0.104. The first kappa shape index (κ1) is 20.8. The number of hydrogen-bond acceptors (Lipinski definition) is 4. The van der Waals surface area contributed by atoms with Gasteiger partial charge in [-0.25, -0.2) is 0 Å². The molecular formula is C26H29N2O3+. The topological polar surface area (TPSA) is 67.3 Å². The first-order valence-corrected chi connectivity index (χ1v) is 10.6. The van der Waals surface area contributed by atoms with Crippen molar-refractivity contribution in [2.75, 3.05) is 13.7 Å². The zero-order valence-corrected chi connectivity index (χ0v) is 18.1. The number of phenols is 1. The molecular weight excluding hydrogens is 388 g/mol. The smallest absolute Gasteiger partial charge is 0.190 e. The lowest BCUT2D eigenvalue weighted by molar-refractivity contribution is -0.731. The van der Waals surface area contributed by atoms with Gasteiger partial charge in [0.05, 0.1) is 24.8 Å². The maximum absolute atomic E-state index is 10.9. The highest BCUT2D eigenvalue weighted by Crippen LogP contribution is 2.36. The van der Waals surface area contributed by atoms with Gasteiger partial charge in [-0.3, -0.25) is 0 Å². The molecule has 0 fully saturated rings. The van der Waals surface area contributed by atoms with E-state index in [1.54, 1.807) is 13.2 Å². The number of rotatable bonds is 6. The van der Waals surface area contributed by atoms with Crippen molar-refractivity contribution in [1.82, 2.24) is 5.32 Å². The maximum atomic E-state index is 10.9. The average molecular weight is 418 g/mol. The summed E-state index contributed by atoms with van der Waals surface area (Å²) in [7, 11) is 1.69.